The van der Waals surface area contributed by atoms with E-state index in [1.54, 1.807) is 0 Å². The van der Waals surface area contributed by atoms with Crippen LogP contribution in [0.15, 0.2) is 24.3 Å². The van der Waals surface area contributed by atoms with E-state index in [1.807, 2.05) is 38.1 Å². The van der Waals surface area contributed by atoms with E-state index in [9.17, 15) is 5.11 Å². The van der Waals surface area contributed by atoms with Gasteiger partial charge >= 0.3 is 0 Å². The summed E-state index contributed by atoms with van der Waals surface area (Å²) in [7, 11) is 0. The minimum absolute atomic E-state index is 0.140. The van der Waals surface area contributed by atoms with Crippen molar-refractivity contribution in [1.82, 2.24) is 0 Å². The molecule has 0 aliphatic heterocycles. The first kappa shape index (κ1) is 15.3. The molecule has 1 aromatic carbocycles. The van der Waals surface area contributed by atoms with Crippen LogP contribution in [-0.2, 0) is 0 Å². The van der Waals surface area contributed by atoms with E-state index in [1.165, 1.54) is 19.3 Å². The number of aliphatic hydroxyl groups is 1. The van der Waals surface area contributed by atoms with Crippen molar-refractivity contribution in [1.29, 1.82) is 0 Å². The Morgan fingerprint density at radius 1 is 1.15 bits per heavy atom. The lowest BCUT2D eigenvalue weighted by molar-refractivity contribution is 0.000662. The molecular weight excluding hydrogens is 250 g/mol. The molecule has 2 rings (SSSR count). The zero-order valence-corrected chi connectivity index (χ0v) is 12.6. The normalized spacial score (nSPS) is 19.9. The van der Waals surface area contributed by atoms with Crippen molar-refractivity contribution in [2.75, 3.05) is 6.54 Å². The lowest BCUT2D eigenvalue weighted by atomic mass is 9.68. The summed E-state index contributed by atoms with van der Waals surface area (Å²) in [6, 6.07) is 7.81. The largest absolute Gasteiger partial charge is 0.491 e. The van der Waals surface area contributed by atoms with Crippen molar-refractivity contribution in [2.24, 2.45) is 11.1 Å². The molecule has 112 valence electrons. The van der Waals surface area contributed by atoms with E-state index in [4.69, 9.17) is 10.5 Å². The van der Waals surface area contributed by atoms with Crippen LogP contribution in [0.1, 0.15) is 57.6 Å². The maximum atomic E-state index is 10.7. The van der Waals surface area contributed by atoms with Crippen LogP contribution in [0.25, 0.3) is 0 Å². The van der Waals surface area contributed by atoms with Crippen LogP contribution in [0.5, 0.6) is 5.75 Å². The van der Waals surface area contributed by atoms with Crippen molar-refractivity contribution in [3.8, 4) is 5.75 Å². The van der Waals surface area contributed by atoms with Gasteiger partial charge in [0.25, 0.3) is 0 Å². The molecule has 0 amide bonds. The fourth-order valence-electron chi connectivity index (χ4n) is 3.20. The Hall–Kier alpha value is -1.06. The average Bonchev–Trinajstić information content (AvgIpc) is 2.47. The molecule has 0 radical (unpaired) electrons. The highest BCUT2D eigenvalue weighted by Crippen LogP contribution is 2.45. The SMILES string of the molecule is CC(C)Oc1ccc(C(O)C2(CN)CCCCC2)cc1. The molecule has 3 nitrogen and oxygen atoms in total. The van der Waals surface area contributed by atoms with Crippen molar-refractivity contribution in [3.63, 3.8) is 0 Å². The molecule has 0 heterocycles. The molecule has 0 aromatic heterocycles. The Labute approximate surface area is 122 Å². The topological polar surface area (TPSA) is 55.5 Å². The molecule has 1 aliphatic carbocycles. The fourth-order valence-corrected chi connectivity index (χ4v) is 3.20. The quantitative estimate of drug-likeness (QED) is 0.867. The Kier molecular flexibility index (Phi) is 5.06. The summed E-state index contributed by atoms with van der Waals surface area (Å²) in [5.74, 6) is 0.849. The maximum absolute atomic E-state index is 10.7. The second-order valence-electron chi connectivity index (χ2n) is 6.27. The first-order valence-corrected chi connectivity index (χ1v) is 7.72. The van der Waals surface area contributed by atoms with Crippen LogP contribution in [0.2, 0.25) is 0 Å². The molecule has 0 saturated heterocycles. The predicted octanol–water partition coefficient (Wildman–Crippen LogP) is 3.42. The standard InChI is InChI=1S/C17H27NO2/c1-13(2)20-15-8-6-14(7-9-15)16(19)17(12-18)10-4-3-5-11-17/h6-9,13,16,19H,3-5,10-12,18H2,1-2H3. The minimum atomic E-state index is -0.471. The molecule has 3 heteroatoms. The summed E-state index contributed by atoms with van der Waals surface area (Å²) in [6.07, 6.45) is 5.34. The molecule has 3 N–H and O–H groups in total. The van der Waals surface area contributed by atoms with E-state index >= 15 is 0 Å². The lowest BCUT2D eigenvalue weighted by Crippen LogP contribution is -2.38. The van der Waals surface area contributed by atoms with Crippen LogP contribution in [0.4, 0.5) is 0 Å². The molecule has 1 fully saturated rings. The summed E-state index contributed by atoms with van der Waals surface area (Å²) in [5, 5.41) is 10.7. The van der Waals surface area contributed by atoms with E-state index < -0.39 is 6.10 Å². The minimum Gasteiger partial charge on any atom is -0.491 e. The number of nitrogens with two attached hydrogens (primary N) is 1. The summed E-state index contributed by atoms with van der Waals surface area (Å²) in [6.45, 7) is 4.57. The highest BCUT2D eigenvalue weighted by atomic mass is 16.5. The third kappa shape index (κ3) is 3.33. The van der Waals surface area contributed by atoms with Crippen LogP contribution < -0.4 is 10.5 Å². The predicted molar refractivity (Wildman–Crippen MR) is 81.7 cm³/mol. The molecule has 1 unspecified atom stereocenters. The number of aliphatic hydroxyl groups excluding tert-OH is 1. The Bertz CT molecular complexity index is 408. The Morgan fingerprint density at radius 3 is 2.25 bits per heavy atom. The van der Waals surface area contributed by atoms with Gasteiger partial charge in [-0.3, -0.25) is 0 Å². The number of hydrogen-bond donors (Lipinski definition) is 2. The number of rotatable bonds is 5. The first-order chi connectivity index (χ1) is 9.57. The summed E-state index contributed by atoms with van der Waals surface area (Å²) in [4.78, 5) is 0. The van der Waals surface area contributed by atoms with Gasteiger partial charge in [0.15, 0.2) is 0 Å². The third-order valence-electron chi connectivity index (χ3n) is 4.40. The number of hydrogen-bond acceptors (Lipinski definition) is 3. The summed E-state index contributed by atoms with van der Waals surface area (Å²) in [5.41, 5.74) is 6.80. The van der Waals surface area contributed by atoms with Crippen LogP contribution >= 0.6 is 0 Å². The van der Waals surface area contributed by atoms with Gasteiger partial charge in [0.1, 0.15) is 5.75 Å². The highest BCUT2D eigenvalue weighted by Gasteiger charge is 2.38. The monoisotopic (exact) mass is 277 g/mol. The molecule has 1 atom stereocenters. The average molecular weight is 277 g/mol. The van der Waals surface area contributed by atoms with Gasteiger partial charge in [0.2, 0.25) is 0 Å². The van der Waals surface area contributed by atoms with Crippen molar-refractivity contribution in [3.05, 3.63) is 29.8 Å². The van der Waals surface area contributed by atoms with Gasteiger partial charge in [-0.05, 0) is 44.4 Å². The van der Waals surface area contributed by atoms with Gasteiger partial charge < -0.3 is 15.6 Å². The second-order valence-corrected chi connectivity index (χ2v) is 6.27. The maximum Gasteiger partial charge on any atom is 0.119 e. The summed E-state index contributed by atoms with van der Waals surface area (Å²) >= 11 is 0. The smallest absolute Gasteiger partial charge is 0.119 e. The number of benzene rings is 1. The van der Waals surface area contributed by atoms with E-state index in [0.717, 1.165) is 24.2 Å². The fraction of sp³-hybridized carbons (Fsp3) is 0.647. The highest BCUT2D eigenvalue weighted by molar-refractivity contribution is 5.29. The summed E-state index contributed by atoms with van der Waals surface area (Å²) < 4.78 is 5.64. The molecule has 1 aliphatic rings. The molecule has 0 bridgehead atoms. The van der Waals surface area contributed by atoms with Gasteiger partial charge in [-0.15, -0.1) is 0 Å². The van der Waals surface area contributed by atoms with E-state index in [0.29, 0.717) is 6.54 Å². The zero-order chi connectivity index (χ0) is 14.6. The third-order valence-corrected chi connectivity index (χ3v) is 4.40. The Balaban J connectivity index is 2.13. The van der Waals surface area contributed by atoms with Crippen molar-refractivity contribution in [2.45, 2.75) is 58.2 Å². The first-order valence-electron chi connectivity index (χ1n) is 7.72. The van der Waals surface area contributed by atoms with Crippen molar-refractivity contribution >= 4 is 0 Å². The van der Waals surface area contributed by atoms with Gasteiger partial charge in [0, 0.05) is 12.0 Å². The molecular formula is C17H27NO2. The zero-order valence-electron chi connectivity index (χ0n) is 12.6. The van der Waals surface area contributed by atoms with E-state index in [2.05, 4.69) is 0 Å². The molecule has 1 aromatic rings. The number of ether oxygens (including phenoxy) is 1. The van der Waals surface area contributed by atoms with Gasteiger partial charge in [0.05, 0.1) is 12.2 Å². The van der Waals surface area contributed by atoms with Crippen LogP contribution in [0, 0.1) is 5.41 Å². The van der Waals surface area contributed by atoms with Gasteiger partial charge in [-0.1, -0.05) is 31.4 Å². The second kappa shape index (κ2) is 6.59. The van der Waals surface area contributed by atoms with E-state index in [-0.39, 0.29) is 11.5 Å². The molecule has 1 saturated carbocycles. The van der Waals surface area contributed by atoms with Crippen LogP contribution in [-0.4, -0.2) is 17.8 Å². The van der Waals surface area contributed by atoms with Crippen LogP contribution in [0.3, 0.4) is 0 Å². The molecule has 0 spiro atoms. The van der Waals surface area contributed by atoms with Gasteiger partial charge in [-0.2, -0.15) is 0 Å². The van der Waals surface area contributed by atoms with Crippen molar-refractivity contribution < 1.29 is 9.84 Å². The van der Waals surface area contributed by atoms with Gasteiger partial charge in [-0.25, -0.2) is 0 Å². The Morgan fingerprint density at radius 2 is 1.75 bits per heavy atom. The lowest BCUT2D eigenvalue weighted by Gasteiger charge is -2.40. The molecule has 20 heavy (non-hydrogen) atoms.